The molecule has 2 heterocycles. The zero-order valence-electron chi connectivity index (χ0n) is 16.5. The number of carbonyl (C=O) groups is 1. The maximum Gasteiger partial charge on any atom is 0.222 e. The van der Waals surface area contributed by atoms with Crippen LogP contribution in [0.25, 0.3) is 0 Å². The lowest BCUT2D eigenvalue weighted by molar-refractivity contribution is -0.130. The third kappa shape index (κ3) is 5.21. The molecule has 2 aliphatic rings. The zero-order chi connectivity index (χ0) is 19.2. The van der Waals surface area contributed by atoms with Gasteiger partial charge in [-0.05, 0) is 36.5 Å². The molecule has 1 N–H and O–H groups in total. The predicted molar refractivity (Wildman–Crippen MR) is 104 cm³/mol. The van der Waals surface area contributed by atoms with E-state index in [-0.39, 0.29) is 18.4 Å². The number of ether oxygens (including phenoxy) is 2. The molecule has 1 aromatic rings. The summed E-state index contributed by atoms with van der Waals surface area (Å²) in [4.78, 5) is 17.1. The average molecular weight is 376 g/mol. The van der Waals surface area contributed by atoms with Gasteiger partial charge < -0.3 is 19.5 Å². The Bertz CT molecular complexity index is 631. The van der Waals surface area contributed by atoms with Gasteiger partial charge in [0.15, 0.2) is 0 Å². The van der Waals surface area contributed by atoms with Crippen molar-refractivity contribution in [3.63, 3.8) is 0 Å². The molecule has 0 aliphatic carbocycles. The largest absolute Gasteiger partial charge is 0.496 e. The molecule has 0 radical (unpaired) electrons. The first-order valence-electron chi connectivity index (χ1n) is 9.93. The highest BCUT2D eigenvalue weighted by Gasteiger charge is 2.35. The van der Waals surface area contributed by atoms with Gasteiger partial charge in [0.05, 0.1) is 20.3 Å². The summed E-state index contributed by atoms with van der Waals surface area (Å²) >= 11 is 0. The monoisotopic (exact) mass is 376 g/mol. The summed E-state index contributed by atoms with van der Waals surface area (Å²) in [6.07, 6.45) is 1.21. The highest BCUT2D eigenvalue weighted by molar-refractivity contribution is 5.76. The molecule has 2 fully saturated rings. The van der Waals surface area contributed by atoms with E-state index in [0.717, 1.165) is 56.3 Å². The summed E-state index contributed by atoms with van der Waals surface area (Å²) in [5.74, 6) is 1.57. The van der Waals surface area contributed by atoms with Gasteiger partial charge in [0.25, 0.3) is 0 Å². The summed E-state index contributed by atoms with van der Waals surface area (Å²) in [6.45, 7) is 7.96. The van der Waals surface area contributed by atoms with Crippen LogP contribution in [-0.4, -0.2) is 80.5 Å². The van der Waals surface area contributed by atoms with Crippen LogP contribution >= 0.6 is 0 Å². The Balaban J connectivity index is 1.52. The summed E-state index contributed by atoms with van der Waals surface area (Å²) in [7, 11) is 1.67. The van der Waals surface area contributed by atoms with Crippen LogP contribution in [0.3, 0.4) is 0 Å². The Hall–Kier alpha value is -1.63. The molecule has 0 aromatic heterocycles. The van der Waals surface area contributed by atoms with E-state index >= 15 is 0 Å². The first-order valence-corrected chi connectivity index (χ1v) is 9.93. The number of aliphatic hydroxyl groups is 1. The van der Waals surface area contributed by atoms with Crippen molar-refractivity contribution in [1.82, 2.24) is 9.80 Å². The number of hydrogen-bond donors (Lipinski definition) is 1. The Morgan fingerprint density at radius 2 is 2.00 bits per heavy atom. The number of amides is 1. The molecule has 150 valence electrons. The van der Waals surface area contributed by atoms with Crippen molar-refractivity contribution in [3.05, 3.63) is 29.3 Å². The number of likely N-dealkylation sites (tertiary alicyclic amines) is 1. The topological polar surface area (TPSA) is 62.2 Å². The van der Waals surface area contributed by atoms with Crippen LogP contribution in [-0.2, 0) is 16.0 Å². The molecule has 0 saturated carbocycles. The van der Waals surface area contributed by atoms with Gasteiger partial charge >= 0.3 is 0 Å². The van der Waals surface area contributed by atoms with Gasteiger partial charge in [-0.15, -0.1) is 0 Å². The highest BCUT2D eigenvalue weighted by atomic mass is 16.5. The Morgan fingerprint density at radius 1 is 1.26 bits per heavy atom. The quantitative estimate of drug-likeness (QED) is 0.778. The maximum atomic E-state index is 12.7. The van der Waals surface area contributed by atoms with Crippen molar-refractivity contribution >= 4 is 5.91 Å². The SMILES string of the molecule is COc1cc(CCC(=O)N2C[C@@H](CN3CCOCC3)[C@@H](CO)C2)ccc1C. The van der Waals surface area contributed by atoms with Gasteiger partial charge in [-0.1, -0.05) is 12.1 Å². The van der Waals surface area contributed by atoms with Crippen LogP contribution in [0, 0.1) is 18.8 Å². The fourth-order valence-electron chi connectivity index (χ4n) is 4.10. The van der Waals surface area contributed by atoms with Crippen molar-refractivity contribution < 1.29 is 19.4 Å². The Morgan fingerprint density at radius 3 is 2.70 bits per heavy atom. The van der Waals surface area contributed by atoms with Gasteiger partial charge in [-0.2, -0.15) is 0 Å². The second-order valence-electron chi connectivity index (χ2n) is 7.72. The van der Waals surface area contributed by atoms with Crippen LogP contribution < -0.4 is 4.74 Å². The second kappa shape index (κ2) is 9.53. The number of benzene rings is 1. The lowest BCUT2D eigenvalue weighted by Gasteiger charge is -2.30. The number of carbonyl (C=O) groups excluding carboxylic acids is 1. The van der Waals surface area contributed by atoms with E-state index in [1.54, 1.807) is 7.11 Å². The van der Waals surface area contributed by atoms with Crippen molar-refractivity contribution in [3.8, 4) is 5.75 Å². The van der Waals surface area contributed by atoms with E-state index in [9.17, 15) is 9.90 Å². The Labute approximate surface area is 162 Å². The number of nitrogens with zero attached hydrogens (tertiary/aromatic N) is 2. The van der Waals surface area contributed by atoms with Crippen LogP contribution in [0.5, 0.6) is 5.75 Å². The second-order valence-corrected chi connectivity index (χ2v) is 7.72. The average Bonchev–Trinajstić information content (AvgIpc) is 3.10. The van der Waals surface area contributed by atoms with Crippen molar-refractivity contribution in [2.24, 2.45) is 11.8 Å². The van der Waals surface area contributed by atoms with E-state index in [1.807, 2.05) is 24.0 Å². The molecular formula is C21H32N2O4. The maximum absolute atomic E-state index is 12.7. The minimum Gasteiger partial charge on any atom is -0.496 e. The molecule has 2 saturated heterocycles. The van der Waals surface area contributed by atoms with Gasteiger partial charge in [-0.25, -0.2) is 0 Å². The minimum absolute atomic E-state index is 0.147. The molecular weight excluding hydrogens is 344 g/mol. The first-order chi connectivity index (χ1) is 13.1. The number of aryl methyl sites for hydroxylation is 2. The number of morpholine rings is 1. The van der Waals surface area contributed by atoms with E-state index in [2.05, 4.69) is 11.0 Å². The fourth-order valence-corrected chi connectivity index (χ4v) is 4.10. The van der Waals surface area contributed by atoms with Crippen LogP contribution in [0.15, 0.2) is 18.2 Å². The van der Waals surface area contributed by atoms with E-state index in [4.69, 9.17) is 9.47 Å². The lowest BCUT2D eigenvalue weighted by atomic mass is 9.96. The van der Waals surface area contributed by atoms with Gasteiger partial charge in [0.1, 0.15) is 5.75 Å². The molecule has 0 spiro atoms. The third-order valence-corrected chi connectivity index (χ3v) is 5.86. The predicted octanol–water partition coefficient (Wildman–Crippen LogP) is 1.34. The summed E-state index contributed by atoms with van der Waals surface area (Å²) in [5.41, 5.74) is 2.22. The normalized spacial score (nSPS) is 23.6. The van der Waals surface area contributed by atoms with E-state index < -0.39 is 0 Å². The van der Waals surface area contributed by atoms with E-state index in [1.165, 1.54) is 0 Å². The summed E-state index contributed by atoms with van der Waals surface area (Å²) in [5, 5.41) is 9.76. The van der Waals surface area contributed by atoms with Crippen molar-refractivity contribution in [2.45, 2.75) is 19.8 Å². The van der Waals surface area contributed by atoms with Gasteiger partial charge in [0, 0.05) is 51.7 Å². The number of aliphatic hydroxyl groups excluding tert-OH is 1. The number of hydrogen-bond acceptors (Lipinski definition) is 5. The fraction of sp³-hybridized carbons (Fsp3) is 0.667. The summed E-state index contributed by atoms with van der Waals surface area (Å²) in [6, 6.07) is 6.12. The zero-order valence-corrected chi connectivity index (χ0v) is 16.5. The number of rotatable bonds is 7. The highest BCUT2D eigenvalue weighted by Crippen LogP contribution is 2.26. The van der Waals surface area contributed by atoms with Crippen LogP contribution in [0.2, 0.25) is 0 Å². The summed E-state index contributed by atoms with van der Waals surface area (Å²) < 4.78 is 10.8. The smallest absolute Gasteiger partial charge is 0.222 e. The standard InChI is InChI=1S/C21H32N2O4/c1-16-3-4-17(11-20(16)26-2)5-6-21(25)23-13-18(19(14-23)15-24)12-22-7-9-27-10-8-22/h3-4,11,18-19,24H,5-10,12-15H2,1-2H3/t18-,19-/m1/s1. The number of methoxy groups -OCH3 is 1. The van der Waals surface area contributed by atoms with Crippen molar-refractivity contribution in [2.75, 3.05) is 59.7 Å². The molecule has 3 rings (SSSR count). The van der Waals surface area contributed by atoms with Gasteiger partial charge in [0.2, 0.25) is 5.91 Å². The minimum atomic E-state index is 0.147. The van der Waals surface area contributed by atoms with Gasteiger partial charge in [-0.3, -0.25) is 9.69 Å². The lowest BCUT2D eigenvalue weighted by Crippen LogP contribution is -2.41. The molecule has 2 atom stereocenters. The first kappa shape index (κ1) is 20.1. The molecule has 0 unspecified atom stereocenters. The molecule has 2 aliphatic heterocycles. The molecule has 27 heavy (non-hydrogen) atoms. The Kier molecular flexibility index (Phi) is 7.10. The molecule has 1 aromatic carbocycles. The van der Waals surface area contributed by atoms with Crippen LogP contribution in [0.4, 0.5) is 0 Å². The molecule has 6 nitrogen and oxygen atoms in total. The molecule has 6 heteroatoms. The third-order valence-electron chi connectivity index (χ3n) is 5.86. The van der Waals surface area contributed by atoms with Crippen LogP contribution in [0.1, 0.15) is 17.5 Å². The molecule has 0 bridgehead atoms. The van der Waals surface area contributed by atoms with E-state index in [0.29, 0.717) is 25.3 Å². The molecule has 1 amide bonds. The van der Waals surface area contributed by atoms with Crippen molar-refractivity contribution in [1.29, 1.82) is 0 Å².